The highest BCUT2D eigenvalue weighted by atomic mass is 16.6. The van der Waals surface area contributed by atoms with Crippen LogP contribution in [-0.2, 0) is 9.59 Å². The van der Waals surface area contributed by atoms with Crippen LogP contribution in [0.4, 0.5) is 0 Å². The minimum Gasteiger partial charge on any atom is -0.478 e. The third kappa shape index (κ3) is 2.24. The second-order valence-corrected chi connectivity index (χ2v) is 5.22. The molecule has 0 aliphatic carbocycles. The van der Waals surface area contributed by atoms with Crippen molar-refractivity contribution in [3.8, 4) is 0 Å². The summed E-state index contributed by atoms with van der Waals surface area (Å²) < 4.78 is 4.70. The second-order valence-electron chi connectivity index (χ2n) is 5.22. The summed E-state index contributed by atoms with van der Waals surface area (Å²) in [4.78, 5) is 23.4. The van der Waals surface area contributed by atoms with Gasteiger partial charge in [-0.2, -0.15) is 0 Å². The third-order valence-corrected chi connectivity index (χ3v) is 3.85. The molecule has 1 aromatic heterocycles. The summed E-state index contributed by atoms with van der Waals surface area (Å²) in [5, 5.41) is 29.5. The molecule has 1 aliphatic heterocycles. The van der Waals surface area contributed by atoms with E-state index < -0.39 is 17.9 Å². The molecule has 3 N–H and O–H groups in total. The van der Waals surface area contributed by atoms with Crippen molar-refractivity contribution < 1.29 is 24.4 Å². The van der Waals surface area contributed by atoms with E-state index in [1.807, 2.05) is 0 Å². The summed E-state index contributed by atoms with van der Waals surface area (Å²) >= 11 is 0. The molecule has 8 nitrogen and oxygen atoms in total. The van der Waals surface area contributed by atoms with Crippen LogP contribution in [0.2, 0.25) is 0 Å². The van der Waals surface area contributed by atoms with Gasteiger partial charge in [-0.25, -0.2) is 14.2 Å². The van der Waals surface area contributed by atoms with Gasteiger partial charge in [0.15, 0.2) is 0 Å². The van der Waals surface area contributed by atoms with Crippen LogP contribution in [0.25, 0.3) is 11.0 Å². The Hall–Kier alpha value is -3.16. The molecule has 1 aliphatic rings. The van der Waals surface area contributed by atoms with E-state index in [0.29, 0.717) is 28.0 Å². The highest BCUT2D eigenvalue weighted by molar-refractivity contribution is 5.99. The maximum absolute atomic E-state index is 11.7. The van der Waals surface area contributed by atoms with Crippen LogP contribution in [0.3, 0.4) is 0 Å². The summed E-state index contributed by atoms with van der Waals surface area (Å²) in [6.07, 6.45) is 0. The Balaban J connectivity index is 2.33. The van der Waals surface area contributed by atoms with Crippen LogP contribution < -0.4 is 5.32 Å². The average Bonchev–Trinajstić information content (AvgIpc) is 2.93. The van der Waals surface area contributed by atoms with Gasteiger partial charge >= 0.3 is 11.9 Å². The molecule has 0 amide bonds. The second kappa shape index (κ2) is 5.24. The number of allylic oxidation sites excluding steroid dienone is 2. The number of carbonyl (C=O) groups is 2. The molecule has 0 fully saturated rings. The lowest BCUT2D eigenvalue weighted by molar-refractivity contribution is -0.133. The lowest BCUT2D eigenvalue weighted by Crippen LogP contribution is -2.31. The van der Waals surface area contributed by atoms with Gasteiger partial charge in [0.05, 0.1) is 17.1 Å². The first-order valence-corrected chi connectivity index (χ1v) is 6.78. The van der Waals surface area contributed by atoms with Crippen molar-refractivity contribution in [3.05, 3.63) is 46.3 Å². The molecule has 8 heteroatoms. The van der Waals surface area contributed by atoms with Gasteiger partial charge in [0.25, 0.3) is 0 Å². The number of dihydropyridines is 1. The Morgan fingerprint density at radius 2 is 1.70 bits per heavy atom. The van der Waals surface area contributed by atoms with Crippen molar-refractivity contribution in [2.45, 2.75) is 19.8 Å². The Kier molecular flexibility index (Phi) is 3.36. The highest BCUT2D eigenvalue weighted by Crippen LogP contribution is 2.40. The van der Waals surface area contributed by atoms with Gasteiger partial charge in [0.2, 0.25) is 0 Å². The molecule has 2 aromatic rings. The normalized spacial score (nSPS) is 15.9. The van der Waals surface area contributed by atoms with Crippen molar-refractivity contribution in [1.29, 1.82) is 0 Å². The number of aliphatic carboxylic acids is 2. The number of carboxylic acids is 2. The molecule has 0 unspecified atom stereocenters. The molecule has 0 spiro atoms. The Labute approximate surface area is 130 Å². The molecular weight excluding hydrogens is 302 g/mol. The molecule has 23 heavy (non-hydrogen) atoms. The number of hydrogen-bond acceptors (Lipinski definition) is 6. The smallest absolute Gasteiger partial charge is 0.334 e. The van der Waals surface area contributed by atoms with Gasteiger partial charge in [-0.1, -0.05) is 12.1 Å². The lowest BCUT2D eigenvalue weighted by Gasteiger charge is -2.28. The van der Waals surface area contributed by atoms with Crippen molar-refractivity contribution in [3.63, 3.8) is 0 Å². The number of fused-ring (bicyclic) bond motifs is 1. The van der Waals surface area contributed by atoms with Gasteiger partial charge in [0.1, 0.15) is 11.0 Å². The number of hydrogen-bond donors (Lipinski definition) is 3. The van der Waals surface area contributed by atoms with E-state index in [-0.39, 0.29) is 11.1 Å². The van der Waals surface area contributed by atoms with Crippen molar-refractivity contribution in [1.82, 2.24) is 15.6 Å². The summed E-state index contributed by atoms with van der Waals surface area (Å²) in [6.45, 7) is 3.19. The average molecular weight is 315 g/mol. The molecule has 2 heterocycles. The quantitative estimate of drug-likeness (QED) is 0.780. The van der Waals surface area contributed by atoms with E-state index in [1.54, 1.807) is 32.0 Å². The van der Waals surface area contributed by atoms with Crippen LogP contribution in [0.15, 0.2) is 45.4 Å². The van der Waals surface area contributed by atoms with E-state index in [9.17, 15) is 19.8 Å². The number of aromatic nitrogens is 2. The molecule has 118 valence electrons. The molecule has 0 radical (unpaired) electrons. The van der Waals surface area contributed by atoms with E-state index in [2.05, 4.69) is 15.6 Å². The number of nitrogens with one attached hydrogen (secondary N) is 1. The Morgan fingerprint density at radius 3 is 2.26 bits per heavy atom. The number of carboxylic acid groups (broad SMARTS) is 2. The van der Waals surface area contributed by atoms with Crippen molar-refractivity contribution in [2.24, 2.45) is 0 Å². The minimum atomic E-state index is -1.19. The first kappa shape index (κ1) is 14.8. The fourth-order valence-corrected chi connectivity index (χ4v) is 2.93. The lowest BCUT2D eigenvalue weighted by atomic mass is 9.80. The largest absolute Gasteiger partial charge is 0.478 e. The van der Waals surface area contributed by atoms with Crippen LogP contribution in [0, 0.1) is 0 Å². The first-order chi connectivity index (χ1) is 10.9. The molecule has 0 atom stereocenters. The van der Waals surface area contributed by atoms with Crippen molar-refractivity contribution >= 4 is 23.0 Å². The Morgan fingerprint density at radius 1 is 1.09 bits per heavy atom. The Bertz CT molecular complexity index is 857. The predicted octanol–water partition coefficient (Wildman–Crippen LogP) is 1.63. The first-order valence-electron chi connectivity index (χ1n) is 6.78. The van der Waals surface area contributed by atoms with E-state index in [4.69, 9.17) is 4.63 Å². The van der Waals surface area contributed by atoms with Crippen LogP contribution in [0.5, 0.6) is 0 Å². The zero-order valence-electron chi connectivity index (χ0n) is 12.3. The summed E-state index contributed by atoms with van der Waals surface area (Å²) in [5.74, 6) is -3.36. The number of rotatable bonds is 3. The molecule has 0 saturated heterocycles. The van der Waals surface area contributed by atoms with Crippen LogP contribution in [0.1, 0.15) is 25.3 Å². The predicted molar refractivity (Wildman–Crippen MR) is 78.4 cm³/mol. The minimum absolute atomic E-state index is 0.0384. The summed E-state index contributed by atoms with van der Waals surface area (Å²) in [5.41, 5.74) is 1.91. The molecule has 0 saturated carbocycles. The number of nitrogens with zero attached hydrogens (tertiary/aromatic N) is 2. The monoisotopic (exact) mass is 315 g/mol. The van der Waals surface area contributed by atoms with E-state index >= 15 is 0 Å². The van der Waals surface area contributed by atoms with Gasteiger partial charge in [-0.3, -0.25) is 0 Å². The maximum Gasteiger partial charge on any atom is 0.334 e. The number of benzene rings is 1. The molecule has 1 aromatic carbocycles. The molecule has 0 bridgehead atoms. The van der Waals surface area contributed by atoms with Crippen molar-refractivity contribution in [2.75, 3.05) is 0 Å². The molecular formula is C15H13N3O5. The van der Waals surface area contributed by atoms with Crippen LogP contribution in [-0.4, -0.2) is 32.5 Å². The SMILES string of the molecule is CC1=C(C(=O)O)C(c2cccc3nonc23)C(C(=O)O)=C(C)N1. The highest BCUT2D eigenvalue weighted by Gasteiger charge is 2.37. The van der Waals surface area contributed by atoms with Gasteiger partial charge in [-0.15, -0.1) is 0 Å². The zero-order chi connectivity index (χ0) is 16.7. The van der Waals surface area contributed by atoms with Gasteiger partial charge in [-0.05, 0) is 35.8 Å². The zero-order valence-corrected chi connectivity index (χ0v) is 12.3. The van der Waals surface area contributed by atoms with Gasteiger partial charge < -0.3 is 15.5 Å². The summed E-state index contributed by atoms with van der Waals surface area (Å²) in [6, 6.07) is 4.95. The van der Waals surface area contributed by atoms with E-state index in [0.717, 1.165) is 0 Å². The van der Waals surface area contributed by atoms with E-state index in [1.165, 1.54) is 0 Å². The van der Waals surface area contributed by atoms with Crippen LogP contribution >= 0.6 is 0 Å². The fraction of sp³-hybridized carbons (Fsp3) is 0.200. The summed E-state index contributed by atoms with van der Waals surface area (Å²) in [7, 11) is 0. The fourth-order valence-electron chi connectivity index (χ4n) is 2.93. The third-order valence-electron chi connectivity index (χ3n) is 3.85. The van der Waals surface area contributed by atoms with Gasteiger partial charge in [0, 0.05) is 11.4 Å². The topological polar surface area (TPSA) is 126 Å². The standard InChI is InChI=1S/C15H13N3O5/c1-6-10(14(19)20)12(11(15(21)22)7(2)16-6)8-4-3-5-9-13(8)18-23-17-9/h3-5,12,16H,1-2H3,(H,19,20)(H,21,22). The molecule has 3 rings (SSSR count). The maximum atomic E-state index is 11.7.